The molecule has 0 amide bonds. The molecule has 1 aromatic rings. The SMILES string of the molecule is CCOC(=O)C1CCN(C(=NC)NCC(C)N(C)Cc2ccccc2)CC1.I. The van der Waals surface area contributed by atoms with Gasteiger partial charge in [0.1, 0.15) is 0 Å². The fourth-order valence-corrected chi connectivity index (χ4v) is 3.34. The number of ether oxygens (including phenoxy) is 1. The van der Waals surface area contributed by atoms with Crippen LogP contribution < -0.4 is 5.32 Å². The average molecular weight is 502 g/mol. The lowest BCUT2D eigenvalue weighted by Crippen LogP contribution is -2.49. The third-order valence-electron chi connectivity index (χ3n) is 5.21. The molecule has 2 rings (SSSR count). The van der Waals surface area contributed by atoms with Gasteiger partial charge in [0.05, 0.1) is 12.5 Å². The van der Waals surface area contributed by atoms with Crippen LogP contribution in [-0.2, 0) is 16.1 Å². The number of likely N-dealkylation sites (N-methyl/N-ethyl adjacent to an activating group) is 1. The van der Waals surface area contributed by atoms with Gasteiger partial charge >= 0.3 is 5.97 Å². The van der Waals surface area contributed by atoms with Gasteiger partial charge in [-0.2, -0.15) is 0 Å². The number of piperidine rings is 1. The lowest BCUT2D eigenvalue weighted by Gasteiger charge is -2.34. The number of carbonyl (C=O) groups is 1. The van der Waals surface area contributed by atoms with Crippen LogP contribution in [0.3, 0.4) is 0 Å². The molecule has 1 fully saturated rings. The van der Waals surface area contributed by atoms with Crippen LogP contribution >= 0.6 is 24.0 Å². The average Bonchev–Trinajstić information content (AvgIpc) is 2.69. The monoisotopic (exact) mass is 502 g/mol. The number of halogens is 1. The Morgan fingerprint density at radius 3 is 2.54 bits per heavy atom. The zero-order valence-electron chi connectivity index (χ0n) is 17.6. The second-order valence-corrected chi connectivity index (χ2v) is 7.19. The number of carbonyl (C=O) groups excluding carboxylic acids is 1. The molecule has 7 heteroatoms. The summed E-state index contributed by atoms with van der Waals surface area (Å²) >= 11 is 0. The fraction of sp³-hybridized carbons (Fsp3) is 0.619. The van der Waals surface area contributed by atoms with Crippen molar-refractivity contribution in [2.45, 2.75) is 39.3 Å². The van der Waals surface area contributed by atoms with E-state index in [2.05, 4.69) is 58.3 Å². The highest BCUT2D eigenvalue weighted by Crippen LogP contribution is 2.18. The Balaban J connectivity index is 0.00000392. The van der Waals surface area contributed by atoms with E-state index in [9.17, 15) is 4.79 Å². The third kappa shape index (κ3) is 7.58. The van der Waals surface area contributed by atoms with Crippen molar-refractivity contribution in [3.63, 3.8) is 0 Å². The topological polar surface area (TPSA) is 57.2 Å². The summed E-state index contributed by atoms with van der Waals surface area (Å²) in [6.07, 6.45) is 1.64. The molecule has 1 N–H and O–H groups in total. The van der Waals surface area contributed by atoms with Crippen LogP contribution in [0.1, 0.15) is 32.3 Å². The molecule has 1 heterocycles. The zero-order valence-corrected chi connectivity index (χ0v) is 19.9. The smallest absolute Gasteiger partial charge is 0.309 e. The van der Waals surface area contributed by atoms with Crippen molar-refractivity contribution in [2.75, 3.05) is 40.3 Å². The Morgan fingerprint density at radius 2 is 1.96 bits per heavy atom. The van der Waals surface area contributed by atoms with Gasteiger partial charge in [-0.15, -0.1) is 24.0 Å². The summed E-state index contributed by atoms with van der Waals surface area (Å²) in [5.41, 5.74) is 1.32. The summed E-state index contributed by atoms with van der Waals surface area (Å²) in [6.45, 7) is 7.94. The van der Waals surface area contributed by atoms with Crippen LogP contribution in [0.15, 0.2) is 35.3 Å². The Hall–Kier alpha value is -1.35. The first kappa shape index (κ1) is 24.7. The zero-order chi connectivity index (χ0) is 19.6. The Kier molecular flexibility index (Phi) is 11.4. The number of guanidine groups is 1. The molecule has 1 unspecified atom stereocenters. The number of benzene rings is 1. The first-order chi connectivity index (χ1) is 13.0. The van der Waals surface area contributed by atoms with Crippen molar-refractivity contribution in [1.29, 1.82) is 0 Å². The normalized spacial score (nSPS) is 16.5. The van der Waals surface area contributed by atoms with Gasteiger partial charge in [-0.05, 0) is 39.3 Å². The van der Waals surface area contributed by atoms with Crippen molar-refractivity contribution in [1.82, 2.24) is 15.1 Å². The highest BCUT2D eigenvalue weighted by molar-refractivity contribution is 14.0. The summed E-state index contributed by atoms with van der Waals surface area (Å²) in [7, 11) is 3.96. The number of rotatable bonds is 7. The van der Waals surface area contributed by atoms with Crippen molar-refractivity contribution < 1.29 is 9.53 Å². The number of esters is 1. The summed E-state index contributed by atoms with van der Waals surface area (Å²) in [5.74, 6) is 0.878. The molecule has 28 heavy (non-hydrogen) atoms. The van der Waals surface area contributed by atoms with Crippen LogP contribution in [0.2, 0.25) is 0 Å². The molecule has 1 aliphatic rings. The molecule has 1 aliphatic heterocycles. The van der Waals surface area contributed by atoms with Gasteiger partial charge in [-0.1, -0.05) is 30.3 Å². The summed E-state index contributed by atoms with van der Waals surface area (Å²) < 4.78 is 5.15. The molecule has 158 valence electrons. The molecule has 6 nitrogen and oxygen atoms in total. The first-order valence-electron chi connectivity index (χ1n) is 9.91. The van der Waals surface area contributed by atoms with Gasteiger partial charge in [0.15, 0.2) is 5.96 Å². The van der Waals surface area contributed by atoms with Gasteiger partial charge in [-0.25, -0.2) is 0 Å². The van der Waals surface area contributed by atoms with Gasteiger partial charge in [0.2, 0.25) is 0 Å². The molecule has 0 aromatic heterocycles. The van der Waals surface area contributed by atoms with E-state index in [4.69, 9.17) is 4.74 Å². The van der Waals surface area contributed by atoms with Gasteiger partial charge in [0, 0.05) is 39.3 Å². The van der Waals surface area contributed by atoms with Crippen LogP contribution in [0.25, 0.3) is 0 Å². The highest BCUT2D eigenvalue weighted by Gasteiger charge is 2.27. The predicted octanol–water partition coefficient (Wildman–Crippen LogP) is 2.98. The summed E-state index contributed by atoms with van der Waals surface area (Å²) in [6, 6.07) is 10.9. The Labute approximate surface area is 186 Å². The second kappa shape index (κ2) is 13.0. The molecular weight excluding hydrogens is 467 g/mol. The number of likely N-dealkylation sites (tertiary alicyclic amines) is 1. The number of hydrogen-bond donors (Lipinski definition) is 1. The molecule has 0 bridgehead atoms. The van der Waals surface area contributed by atoms with Crippen molar-refractivity contribution in [3.05, 3.63) is 35.9 Å². The third-order valence-corrected chi connectivity index (χ3v) is 5.21. The number of aliphatic imine (C=N–C) groups is 1. The van der Waals surface area contributed by atoms with Gasteiger partial charge in [0.25, 0.3) is 0 Å². The number of nitrogens with zero attached hydrogens (tertiary/aromatic N) is 3. The largest absolute Gasteiger partial charge is 0.466 e. The van der Waals surface area contributed by atoms with E-state index < -0.39 is 0 Å². The minimum absolute atomic E-state index is 0. The van der Waals surface area contributed by atoms with E-state index in [1.165, 1.54) is 5.56 Å². The quantitative estimate of drug-likeness (QED) is 0.269. The molecule has 0 saturated carbocycles. The lowest BCUT2D eigenvalue weighted by molar-refractivity contribution is -0.149. The van der Waals surface area contributed by atoms with Crippen molar-refractivity contribution in [2.24, 2.45) is 10.9 Å². The molecule has 0 aliphatic carbocycles. The van der Waals surface area contributed by atoms with E-state index in [-0.39, 0.29) is 35.9 Å². The van der Waals surface area contributed by atoms with Crippen LogP contribution in [0, 0.1) is 5.92 Å². The summed E-state index contributed by atoms with van der Waals surface area (Å²) in [4.78, 5) is 20.9. The second-order valence-electron chi connectivity index (χ2n) is 7.19. The van der Waals surface area contributed by atoms with Crippen LogP contribution in [-0.4, -0.2) is 68.1 Å². The minimum Gasteiger partial charge on any atom is -0.466 e. The molecular formula is C21H35IN4O2. The molecule has 0 radical (unpaired) electrons. The van der Waals surface area contributed by atoms with Crippen molar-refractivity contribution in [3.8, 4) is 0 Å². The van der Waals surface area contributed by atoms with E-state index in [1.807, 2.05) is 20.0 Å². The Bertz CT molecular complexity index is 604. The van der Waals surface area contributed by atoms with Crippen LogP contribution in [0.4, 0.5) is 0 Å². The van der Waals surface area contributed by atoms with Crippen molar-refractivity contribution >= 4 is 35.9 Å². The maximum atomic E-state index is 11.9. The lowest BCUT2D eigenvalue weighted by atomic mass is 9.97. The highest BCUT2D eigenvalue weighted by atomic mass is 127. The maximum Gasteiger partial charge on any atom is 0.309 e. The van der Waals surface area contributed by atoms with Gasteiger partial charge < -0.3 is 15.0 Å². The van der Waals surface area contributed by atoms with E-state index >= 15 is 0 Å². The molecule has 0 spiro atoms. The summed E-state index contributed by atoms with van der Waals surface area (Å²) in [5, 5.41) is 3.49. The van der Waals surface area contributed by atoms with Crippen LogP contribution in [0.5, 0.6) is 0 Å². The van der Waals surface area contributed by atoms with E-state index in [0.29, 0.717) is 12.6 Å². The molecule has 1 aromatic carbocycles. The predicted molar refractivity (Wildman–Crippen MR) is 125 cm³/mol. The number of hydrogen-bond acceptors (Lipinski definition) is 4. The molecule has 1 atom stereocenters. The standard InChI is InChI=1S/C21H34N4O2.HI/c1-5-27-20(26)19-11-13-25(14-12-19)21(22-3)23-15-17(2)24(4)16-18-9-7-6-8-10-18;/h6-10,17,19H,5,11-16H2,1-4H3,(H,22,23);1H. The fourth-order valence-electron chi connectivity index (χ4n) is 3.34. The number of nitrogens with one attached hydrogen (secondary N) is 1. The maximum absolute atomic E-state index is 11.9. The van der Waals surface area contributed by atoms with Gasteiger partial charge in [-0.3, -0.25) is 14.7 Å². The first-order valence-corrected chi connectivity index (χ1v) is 9.91. The Morgan fingerprint density at radius 1 is 1.32 bits per heavy atom. The molecule has 1 saturated heterocycles. The van der Waals surface area contributed by atoms with E-state index in [1.54, 1.807) is 0 Å². The minimum atomic E-state index is -0.0590. The van der Waals surface area contributed by atoms with E-state index in [0.717, 1.165) is 45.0 Å².